The summed E-state index contributed by atoms with van der Waals surface area (Å²) in [5.41, 5.74) is 1.32. The predicted octanol–water partition coefficient (Wildman–Crippen LogP) is 2.91. The summed E-state index contributed by atoms with van der Waals surface area (Å²) in [5, 5.41) is 18.8. The molecule has 0 saturated carbocycles. The lowest BCUT2D eigenvalue weighted by Crippen LogP contribution is -2.44. The maximum atomic E-state index is 12.6. The fourth-order valence-corrected chi connectivity index (χ4v) is 3.68. The van der Waals surface area contributed by atoms with Crippen molar-refractivity contribution >= 4 is 34.9 Å². The molecule has 0 radical (unpaired) electrons. The Hall–Kier alpha value is -4.15. The molecule has 0 aromatic heterocycles. The first-order valence-electron chi connectivity index (χ1n) is 10.8. The quantitative estimate of drug-likeness (QED) is 0.337. The van der Waals surface area contributed by atoms with Crippen molar-refractivity contribution in [3.05, 3.63) is 58.1 Å². The number of nitro benzene ring substituents is 1. The predicted molar refractivity (Wildman–Crippen MR) is 126 cm³/mol. The highest BCUT2D eigenvalue weighted by molar-refractivity contribution is 6.39. The van der Waals surface area contributed by atoms with Gasteiger partial charge in [0.15, 0.2) is 0 Å². The number of amides is 4. The lowest BCUT2D eigenvalue weighted by Gasteiger charge is -2.32. The zero-order valence-electron chi connectivity index (χ0n) is 19.0. The number of rotatable bonds is 6. The van der Waals surface area contributed by atoms with E-state index < -0.39 is 16.7 Å². The number of nitrogens with one attached hydrogen (secondary N) is 3. The molecule has 34 heavy (non-hydrogen) atoms. The van der Waals surface area contributed by atoms with Crippen molar-refractivity contribution in [2.24, 2.45) is 5.92 Å². The van der Waals surface area contributed by atoms with Crippen molar-refractivity contribution in [2.75, 3.05) is 37.4 Å². The molecule has 1 heterocycles. The van der Waals surface area contributed by atoms with E-state index in [2.05, 4.69) is 16.0 Å². The SMILES string of the molecule is COc1ccccc1NC(=O)N1CCC(CNC(=O)C(=O)Nc2ccc([N+](=O)[O-])cc2C)CC1. The molecule has 4 amide bonds. The van der Waals surface area contributed by atoms with Crippen LogP contribution in [0.4, 0.5) is 21.9 Å². The van der Waals surface area contributed by atoms with E-state index in [1.54, 1.807) is 24.0 Å². The molecule has 0 spiro atoms. The molecule has 0 aliphatic carbocycles. The highest BCUT2D eigenvalue weighted by atomic mass is 16.6. The van der Waals surface area contributed by atoms with Gasteiger partial charge in [0.2, 0.25) is 0 Å². The normalized spacial score (nSPS) is 13.6. The second-order valence-corrected chi connectivity index (χ2v) is 7.98. The van der Waals surface area contributed by atoms with E-state index in [-0.39, 0.29) is 17.6 Å². The number of hydrogen-bond donors (Lipinski definition) is 3. The van der Waals surface area contributed by atoms with Gasteiger partial charge in [0.25, 0.3) is 5.69 Å². The van der Waals surface area contributed by atoms with E-state index in [0.717, 1.165) is 0 Å². The Labute approximate surface area is 196 Å². The number of aryl methyl sites for hydroxylation is 1. The van der Waals surface area contributed by atoms with Crippen molar-refractivity contribution in [3.8, 4) is 5.75 Å². The molecular formula is C23H27N5O6. The third-order valence-corrected chi connectivity index (χ3v) is 5.68. The number of anilines is 2. The third-order valence-electron chi connectivity index (χ3n) is 5.68. The van der Waals surface area contributed by atoms with Gasteiger partial charge < -0.3 is 25.6 Å². The van der Waals surface area contributed by atoms with Crippen LogP contribution in [-0.2, 0) is 9.59 Å². The van der Waals surface area contributed by atoms with E-state index in [1.165, 1.54) is 25.3 Å². The van der Waals surface area contributed by atoms with E-state index >= 15 is 0 Å². The Bertz CT molecular complexity index is 1080. The van der Waals surface area contributed by atoms with Gasteiger partial charge in [-0.3, -0.25) is 19.7 Å². The summed E-state index contributed by atoms with van der Waals surface area (Å²) >= 11 is 0. The van der Waals surface area contributed by atoms with E-state index in [4.69, 9.17) is 4.74 Å². The number of para-hydroxylation sites is 2. The maximum absolute atomic E-state index is 12.6. The number of methoxy groups -OCH3 is 1. The minimum atomic E-state index is -0.842. The Morgan fingerprint density at radius 1 is 1.06 bits per heavy atom. The number of non-ortho nitro benzene ring substituents is 1. The van der Waals surface area contributed by atoms with Crippen LogP contribution in [0.2, 0.25) is 0 Å². The molecular weight excluding hydrogens is 442 g/mol. The molecule has 0 atom stereocenters. The van der Waals surface area contributed by atoms with Gasteiger partial charge in [-0.15, -0.1) is 0 Å². The number of carbonyl (C=O) groups is 3. The second-order valence-electron chi connectivity index (χ2n) is 7.98. The highest BCUT2D eigenvalue weighted by Crippen LogP contribution is 2.25. The van der Waals surface area contributed by atoms with Crippen LogP contribution >= 0.6 is 0 Å². The highest BCUT2D eigenvalue weighted by Gasteiger charge is 2.25. The minimum Gasteiger partial charge on any atom is -0.495 e. The number of benzene rings is 2. The lowest BCUT2D eigenvalue weighted by molar-refractivity contribution is -0.384. The fourth-order valence-electron chi connectivity index (χ4n) is 3.68. The van der Waals surface area contributed by atoms with Crippen molar-refractivity contribution in [2.45, 2.75) is 19.8 Å². The van der Waals surface area contributed by atoms with Crippen LogP contribution in [0.3, 0.4) is 0 Å². The first kappa shape index (κ1) is 24.5. The molecule has 2 aromatic rings. The van der Waals surface area contributed by atoms with Gasteiger partial charge in [-0.25, -0.2) is 4.79 Å². The van der Waals surface area contributed by atoms with Gasteiger partial charge in [-0.2, -0.15) is 0 Å². The van der Waals surface area contributed by atoms with Crippen LogP contribution in [0, 0.1) is 23.0 Å². The number of nitrogens with zero attached hydrogens (tertiary/aromatic N) is 2. The summed E-state index contributed by atoms with van der Waals surface area (Å²) in [6.45, 7) is 2.97. The molecule has 180 valence electrons. The molecule has 1 saturated heterocycles. The molecule has 1 fully saturated rings. The van der Waals surface area contributed by atoms with Gasteiger partial charge in [-0.05, 0) is 49.4 Å². The molecule has 0 unspecified atom stereocenters. The van der Waals surface area contributed by atoms with Crippen LogP contribution in [0.25, 0.3) is 0 Å². The molecule has 11 heteroatoms. The number of piperidine rings is 1. The number of urea groups is 1. The Morgan fingerprint density at radius 3 is 2.41 bits per heavy atom. The molecule has 2 aromatic carbocycles. The number of likely N-dealkylation sites (tertiary alicyclic amines) is 1. The van der Waals surface area contributed by atoms with Crippen LogP contribution in [0.5, 0.6) is 5.75 Å². The standard InChI is InChI=1S/C23H27N5O6/c1-15-13-17(28(32)33)7-8-18(15)25-22(30)21(29)24-14-16-9-11-27(12-10-16)23(31)26-19-5-3-4-6-20(19)34-2/h3-8,13,16H,9-12,14H2,1-2H3,(H,24,29)(H,25,30)(H,26,31). The average Bonchev–Trinajstić information content (AvgIpc) is 2.84. The molecule has 1 aliphatic heterocycles. The van der Waals surface area contributed by atoms with Gasteiger partial charge in [0, 0.05) is 37.5 Å². The van der Waals surface area contributed by atoms with E-state index in [0.29, 0.717) is 55.2 Å². The third kappa shape index (κ3) is 6.21. The second kappa shape index (κ2) is 11.1. The van der Waals surface area contributed by atoms with E-state index in [1.807, 2.05) is 12.1 Å². The summed E-state index contributed by atoms with van der Waals surface area (Å²) in [5.74, 6) is -0.913. The largest absolute Gasteiger partial charge is 0.495 e. The number of hydrogen-bond acceptors (Lipinski definition) is 6. The zero-order valence-corrected chi connectivity index (χ0v) is 19.0. The van der Waals surface area contributed by atoms with Gasteiger partial charge in [0.05, 0.1) is 17.7 Å². The topological polar surface area (TPSA) is 143 Å². The van der Waals surface area contributed by atoms with Crippen molar-refractivity contribution in [1.29, 1.82) is 0 Å². The summed E-state index contributed by atoms with van der Waals surface area (Å²) < 4.78 is 5.25. The number of ether oxygens (including phenoxy) is 1. The van der Waals surface area contributed by atoms with Crippen LogP contribution in [0.15, 0.2) is 42.5 Å². The average molecular weight is 469 g/mol. The van der Waals surface area contributed by atoms with Crippen molar-refractivity contribution in [1.82, 2.24) is 10.2 Å². The fraction of sp³-hybridized carbons (Fsp3) is 0.348. The van der Waals surface area contributed by atoms with Crippen molar-refractivity contribution < 1.29 is 24.0 Å². The molecule has 11 nitrogen and oxygen atoms in total. The van der Waals surface area contributed by atoms with Crippen molar-refractivity contribution in [3.63, 3.8) is 0 Å². The smallest absolute Gasteiger partial charge is 0.321 e. The van der Waals surface area contributed by atoms with Gasteiger partial charge >= 0.3 is 17.8 Å². The lowest BCUT2D eigenvalue weighted by atomic mass is 9.97. The first-order valence-corrected chi connectivity index (χ1v) is 10.8. The Balaban J connectivity index is 1.43. The van der Waals surface area contributed by atoms with Gasteiger partial charge in [-0.1, -0.05) is 12.1 Å². The minimum absolute atomic E-state index is 0.0946. The molecule has 3 N–H and O–H groups in total. The Morgan fingerprint density at radius 2 is 1.76 bits per heavy atom. The zero-order chi connectivity index (χ0) is 24.7. The van der Waals surface area contributed by atoms with Gasteiger partial charge in [0.1, 0.15) is 5.75 Å². The maximum Gasteiger partial charge on any atom is 0.321 e. The first-order chi connectivity index (χ1) is 16.3. The monoisotopic (exact) mass is 469 g/mol. The molecule has 3 rings (SSSR count). The van der Waals surface area contributed by atoms with Crippen LogP contribution in [-0.4, -0.2) is 54.4 Å². The summed E-state index contributed by atoms with van der Waals surface area (Å²) in [4.78, 5) is 48.9. The van der Waals surface area contributed by atoms with Crippen LogP contribution in [0.1, 0.15) is 18.4 Å². The van der Waals surface area contributed by atoms with E-state index in [9.17, 15) is 24.5 Å². The molecule has 1 aliphatic rings. The Kier molecular flexibility index (Phi) is 8.01. The summed E-state index contributed by atoms with van der Waals surface area (Å²) in [6, 6.07) is 10.9. The number of carbonyl (C=O) groups excluding carboxylic acids is 3. The molecule has 0 bridgehead atoms. The number of nitro groups is 1. The summed E-state index contributed by atoms with van der Waals surface area (Å²) in [7, 11) is 1.54. The summed E-state index contributed by atoms with van der Waals surface area (Å²) in [6.07, 6.45) is 1.37. The van der Waals surface area contributed by atoms with Crippen LogP contribution < -0.4 is 20.7 Å².